The van der Waals surface area contributed by atoms with Crippen LogP contribution in [0.25, 0.3) is 32.1 Å². The first-order valence-electron chi connectivity index (χ1n) is 11.7. The number of thiophene rings is 1. The number of nitriles is 1. The van der Waals surface area contributed by atoms with E-state index in [0.29, 0.717) is 30.8 Å². The molecule has 0 amide bonds. The molecule has 1 aliphatic rings. The Labute approximate surface area is 231 Å². The van der Waals surface area contributed by atoms with Gasteiger partial charge in [-0.3, -0.25) is 0 Å². The summed E-state index contributed by atoms with van der Waals surface area (Å²) in [6.45, 7) is 0.848. The maximum absolute atomic E-state index is 16.4. The van der Waals surface area contributed by atoms with Crippen LogP contribution in [0.5, 0.6) is 6.01 Å². The van der Waals surface area contributed by atoms with Crippen LogP contribution >= 0.6 is 11.3 Å². The maximum Gasteiger partial charge on any atom is 0.417 e. The molecule has 5 rings (SSSR count). The third-order valence-electron chi connectivity index (χ3n) is 6.95. The second-order valence-electron chi connectivity index (χ2n) is 9.16. The largest absolute Gasteiger partial charge is 0.467 e. The van der Waals surface area contributed by atoms with Crippen molar-refractivity contribution in [2.45, 2.75) is 18.6 Å². The number of benzene rings is 2. The van der Waals surface area contributed by atoms with Gasteiger partial charge >= 0.3 is 12.2 Å². The first kappa shape index (κ1) is 27.9. The molecule has 0 spiro atoms. The molecule has 1 saturated heterocycles. The zero-order valence-electron chi connectivity index (χ0n) is 21.3. The Balaban J connectivity index is 1.83. The van der Waals surface area contributed by atoms with Crippen LogP contribution in [0, 0.1) is 23.0 Å². The Morgan fingerprint density at radius 2 is 2.02 bits per heavy atom. The lowest BCUT2D eigenvalue weighted by Gasteiger charge is -2.27. The summed E-state index contributed by atoms with van der Waals surface area (Å²) in [6, 6.07) is 3.87. The van der Waals surface area contributed by atoms with Gasteiger partial charge in [0.25, 0.3) is 0 Å². The molecule has 2 aromatic heterocycles. The summed E-state index contributed by atoms with van der Waals surface area (Å²) in [5.41, 5.74) is 2.55. The highest BCUT2D eigenvalue weighted by atomic mass is 32.2. The van der Waals surface area contributed by atoms with Crippen LogP contribution < -0.4 is 15.4 Å². The number of rotatable bonds is 5. The molecule has 40 heavy (non-hydrogen) atoms. The minimum Gasteiger partial charge on any atom is -0.467 e. The van der Waals surface area contributed by atoms with Crippen molar-refractivity contribution in [1.82, 2.24) is 14.3 Å². The lowest BCUT2D eigenvalue weighted by molar-refractivity contribution is -0.137. The van der Waals surface area contributed by atoms with Crippen molar-refractivity contribution in [2.24, 2.45) is 0 Å². The van der Waals surface area contributed by atoms with Crippen molar-refractivity contribution in [3.05, 3.63) is 41.0 Å². The molecule has 210 valence electrons. The molecule has 2 aromatic carbocycles. The Bertz CT molecular complexity index is 1740. The highest BCUT2D eigenvalue weighted by Crippen LogP contribution is 2.48. The van der Waals surface area contributed by atoms with E-state index < -0.39 is 45.4 Å². The fourth-order valence-corrected chi connectivity index (χ4v) is 6.67. The third kappa shape index (κ3) is 4.49. The summed E-state index contributed by atoms with van der Waals surface area (Å²) in [6.07, 6.45) is -2.98. The third-order valence-corrected chi connectivity index (χ3v) is 9.04. The number of nitrogens with zero attached hydrogens (tertiary/aromatic N) is 5. The summed E-state index contributed by atoms with van der Waals surface area (Å²) in [7, 11) is 1.60. The molecule has 0 radical (unpaired) electrons. The maximum atomic E-state index is 16.4. The van der Waals surface area contributed by atoms with Crippen LogP contribution in [0.2, 0.25) is 0 Å². The summed E-state index contributed by atoms with van der Waals surface area (Å²) in [5, 5.41) is 9.08. The van der Waals surface area contributed by atoms with Crippen LogP contribution in [0.15, 0.2) is 18.2 Å². The number of nitrogens with two attached hydrogens (primary N) is 1. The lowest BCUT2D eigenvalue weighted by Crippen LogP contribution is -2.35. The van der Waals surface area contributed by atoms with E-state index in [1.54, 1.807) is 22.3 Å². The topological polar surface area (TPSA) is 108 Å². The highest BCUT2D eigenvalue weighted by Gasteiger charge is 2.39. The molecule has 0 saturated carbocycles. The fraction of sp³-hybridized carbons (Fsp3) is 0.320. The minimum atomic E-state index is -5.06. The number of likely N-dealkylation sites (N-methyl/N-ethyl adjacent to an activating group) is 1. The van der Waals surface area contributed by atoms with Crippen LogP contribution in [-0.4, -0.2) is 58.0 Å². The molecule has 2 N–H and O–H groups in total. The quantitative estimate of drug-likeness (QED) is 0.321. The minimum absolute atomic E-state index is 0.00622. The first-order valence-corrected chi connectivity index (χ1v) is 14.1. The summed E-state index contributed by atoms with van der Waals surface area (Å²) < 4.78 is 93.4. The number of ether oxygens (including phenoxy) is 1. The molecular formula is C25H21F5N6O2S2. The summed E-state index contributed by atoms with van der Waals surface area (Å²) >= 11 is 0.689. The van der Waals surface area contributed by atoms with Crippen molar-refractivity contribution in [3.63, 3.8) is 0 Å². The second kappa shape index (κ2) is 10.1. The number of anilines is 2. The predicted octanol–water partition coefficient (Wildman–Crippen LogP) is 5.07. The average molecular weight is 597 g/mol. The van der Waals surface area contributed by atoms with E-state index in [1.165, 1.54) is 13.4 Å². The number of halogens is 5. The number of hydrogen-bond donors (Lipinski definition) is 1. The van der Waals surface area contributed by atoms with Crippen LogP contribution in [0.4, 0.5) is 32.8 Å². The number of methoxy groups -OCH3 is 1. The number of nitrogen functional groups attached to an aromatic ring is 1. The van der Waals surface area contributed by atoms with Gasteiger partial charge in [-0.15, -0.1) is 11.3 Å². The van der Waals surface area contributed by atoms with Gasteiger partial charge in [-0.25, -0.2) is 17.3 Å². The fourth-order valence-electron chi connectivity index (χ4n) is 4.98. The van der Waals surface area contributed by atoms with E-state index in [2.05, 4.69) is 9.97 Å². The van der Waals surface area contributed by atoms with E-state index in [9.17, 15) is 27.0 Å². The molecule has 0 bridgehead atoms. The van der Waals surface area contributed by atoms with Crippen molar-refractivity contribution >= 4 is 54.1 Å². The molecule has 8 nitrogen and oxygen atoms in total. The molecule has 3 heterocycles. The van der Waals surface area contributed by atoms with Gasteiger partial charge in [-0.1, -0.05) is 6.07 Å². The van der Waals surface area contributed by atoms with Gasteiger partial charge in [-0.2, -0.15) is 28.4 Å². The number of aromatic nitrogens is 2. The van der Waals surface area contributed by atoms with E-state index in [-0.39, 0.29) is 49.5 Å². The predicted molar refractivity (Wildman–Crippen MR) is 143 cm³/mol. The normalized spacial score (nSPS) is 16.9. The standard InChI is InChI=1S/C25H21F5N6O2S2/c1-35(11-6-7-36(10-11)40(3)37)23-13-8-15(25(28,29)30)18(19(27)20(13)33-24(34-23)38-2)12-4-5-16(26)21-17(12)14(9-31)22(32)39-21/h4-5,8,11H,6-7,10,32H2,1-3H3. The Morgan fingerprint density at radius 3 is 2.62 bits per heavy atom. The molecule has 0 aliphatic carbocycles. The van der Waals surface area contributed by atoms with Gasteiger partial charge in [0.15, 0.2) is 5.82 Å². The van der Waals surface area contributed by atoms with Gasteiger partial charge in [-0.05, 0) is 24.1 Å². The average Bonchev–Trinajstić information content (AvgIpc) is 3.53. The van der Waals surface area contributed by atoms with Gasteiger partial charge in [0.2, 0.25) is 0 Å². The van der Waals surface area contributed by atoms with Crippen molar-refractivity contribution < 1.29 is 30.9 Å². The van der Waals surface area contributed by atoms with Crippen LogP contribution in [0.3, 0.4) is 0 Å². The summed E-state index contributed by atoms with van der Waals surface area (Å²) in [4.78, 5) is 9.89. The SMILES string of the molecule is COc1nc(N(C)C2CCN(S(C)=O)C2)c2cc(C(F)(F)F)c(-c3ccc(F)c4sc(N)c(C#N)c34)c(F)c2n1. The molecule has 4 aromatic rings. The monoisotopic (exact) mass is 596 g/mol. The Hall–Kier alpha value is -3.61. The molecule has 2 unspecified atom stereocenters. The first-order chi connectivity index (χ1) is 18.9. The number of hydrogen-bond acceptors (Lipinski definition) is 8. The van der Waals surface area contributed by atoms with Gasteiger partial charge in [0, 0.05) is 48.8 Å². The smallest absolute Gasteiger partial charge is 0.417 e. The summed E-state index contributed by atoms with van der Waals surface area (Å²) in [5.74, 6) is -2.16. The van der Waals surface area contributed by atoms with Gasteiger partial charge in [0.05, 0.1) is 33.9 Å². The molecule has 2 atom stereocenters. The van der Waals surface area contributed by atoms with Crippen molar-refractivity contribution in [1.29, 1.82) is 5.26 Å². The zero-order chi connectivity index (χ0) is 29.1. The number of fused-ring (bicyclic) bond motifs is 2. The van der Waals surface area contributed by atoms with Gasteiger partial charge in [0.1, 0.15) is 28.2 Å². The Kier molecular flexibility index (Phi) is 7.05. The van der Waals surface area contributed by atoms with E-state index in [1.807, 2.05) is 0 Å². The Morgan fingerprint density at radius 1 is 1.30 bits per heavy atom. The molecule has 1 fully saturated rings. The van der Waals surface area contributed by atoms with E-state index in [4.69, 9.17) is 10.5 Å². The highest BCUT2D eigenvalue weighted by molar-refractivity contribution is 7.81. The van der Waals surface area contributed by atoms with E-state index in [0.717, 1.165) is 18.2 Å². The van der Waals surface area contributed by atoms with Crippen LogP contribution in [-0.2, 0) is 17.2 Å². The van der Waals surface area contributed by atoms with Gasteiger partial charge < -0.3 is 15.4 Å². The molecule has 1 aliphatic heterocycles. The van der Waals surface area contributed by atoms with Crippen LogP contribution in [0.1, 0.15) is 17.5 Å². The lowest BCUT2D eigenvalue weighted by atomic mass is 9.92. The van der Waals surface area contributed by atoms with E-state index >= 15 is 4.39 Å². The van der Waals surface area contributed by atoms with Crippen molar-refractivity contribution in [2.75, 3.05) is 44.1 Å². The zero-order valence-corrected chi connectivity index (χ0v) is 22.9. The molecular weight excluding hydrogens is 575 g/mol. The second-order valence-corrected chi connectivity index (χ2v) is 11.6. The van der Waals surface area contributed by atoms with Crippen molar-refractivity contribution in [3.8, 4) is 23.2 Å². The molecule has 15 heteroatoms. The number of alkyl halides is 3.